The Morgan fingerprint density at radius 3 is 2.59 bits per heavy atom. The van der Waals surface area contributed by atoms with Crippen LogP contribution in [0.4, 0.5) is 0 Å². The number of carbonyl (C=O) groups is 1. The van der Waals surface area contributed by atoms with Gasteiger partial charge in [0.05, 0.1) is 24.4 Å². The monoisotopic (exact) mass is 383 g/mol. The molecule has 0 bridgehead atoms. The molecule has 1 aromatic carbocycles. The molecule has 0 aliphatic heterocycles. The molecule has 2 aromatic heterocycles. The first-order valence-electron chi connectivity index (χ1n) is 8.73. The van der Waals surface area contributed by atoms with Crippen molar-refractivity contribution in [3.63, 3.8) is 0 Å². The molecule has 3 aromatic rings. The lowest BCUT2D eigenvalue weighted by molar-refractivity contribution is -0.120. The fourth-order valence-electron chi connectivity index (χ4n) is 2.42. The number of hydrogen-bond acceptors (Lipinski definition) is 6. The van der Waals surface area contributed by atoms with Crippen molar-refractivity contribution in [1.82, 2.24) is 15.5 Å². The maximum atomic E-state index is 12.0. The van der Waals surface area contributed by atoms with Crippen molar-refractivity contribution in [1.29, 1.82) is 0 Å². The SMILES string of the molecule is CCOc1ccc(CC(=O)NCCOc2ccc(-c3cccs3)nn2)cc1. The molecule has 1 amide bonds. The van der Waals surface area contributed by atoms with Gasteiger partial charge in [0, 0.05) is 6.07 Å². The first-order valence-corrected chi connectivity index (χ1v) is 9.61. The molecule has 0 aliphatic rings. The number of benzene rings is 1. The van der Waals surface area contributed by atoms with Gasteiger partial charge in [-0.1, -0.05) is 18.2 Å². The van der Waals surface area contributed by atoms with Crippen LogP contribution in [0.15, 0.2) is 53.9 Å². The molecule has 2 heterocycles. The summed E-state index contributed by atoms with van der Waals surface area (Å²) in [6.45, 7) is 3.31. The Balaban J connectivity index is 1.37. The highest BCUT2D eigenvalue weighted by Crippen LogP contribution is 2.22. The smallest absolute Gasteiger partial charge is 0.233 e. The molecular formula is C20H21N3O3S. The Kier molecular flexibility index (Phi) is 6.76. The maximum absolute atomic E-state index is 12.0. The summed E-state index contributed by atoms with van der Waals surface area (Å²) in [5, 5.41) is 13.0. The van der Waals surface area contributed by atoms with E-state index in [1.165, 1.54) is 0 Å². The van der Waals surface area contributed by atoms with Gasteiger partial charge >= 0.3 is 0 Å². The molecular weight excluding hydrogens is 362 g/mol. The topological polar surface area (TPSA) is 73.3 Å². The van der Waals surface area contributed by atoms with Gasteiger partial charge in [-0.25, -0.2) is 0 Å². The summed E-state index contributed by atoms with van der Waals surface area (Å²) in [7, 11) is 0. The number of amides is 1. The van der Waals surface area contributed by atoms with Crippen molar-refractivity contribution < 1.29 is 14.3 Å². The summed E-state index contributed by atoms with van der Waals surface area (Å²) in [6.07, 6.45) is 0.321. The lowest BCUT2D eigenvalue weighted by Crippen LogP contribution is -2.29. The molecule has 0 saturated heterocycles. The molecule has 0 unspecified atom stereocenters. The van der Waals surface area contributed by atoms with E-state index in [9.17, 15) is 4.79 Å². The fourth-order valence-corrected chi connectivity index (χ4v) is 3.11. The lowest BCUT2D eigenvalue weighted by Gasteiger charge is -2.08. The summed E-state index contributed by atoms with van der Waals surface area (Å²) in [6, 6.07) is 15.2. The first kappa shape index (κ1) is 18.8. The van der Waals surface area contributed by atoms with Crippen molar-refractivity contribution >= 4 is 17.2 Å². The number of thiophene rings is 1. The van der Waals surface area contributed by atoms with E-state index in [4.69, 9.17) is 9.47 Å². The van der Waals surface area contributed by atoms with Gasteiger partial charge in [-0.15, -0.1) is 21.5 Å². The fraction of sp³-hybridized carbons (Fsp3) is 0.250. The largest absolute Gasteiger partial charge is 0.494 e. The molecule has 0 atom stereocenters. The molecule has 3 rings (SSSR count). The van der Waals surface area contributed by atoms with E-state index < -0.39 is 0 Å². The zero-order valence-corrected chi connectivity index (χ0v) is 15.9. The summed E-state index contributed by atoms with van der Waals surface area (Å²) < 4.78 is 10.9. The predicted octanol–water partition coefficient (Wildman–Crippen LogP) is 3.34. The molecule has 0 spiro atoms. The average molecular weight is 383 g/mol. The van der Waals surface area contributed by atoms with Gasteiger partial charge < -0.3 is 14.8 Å². The van der Waals surface area contributed by atoms with Gasteiger partial charge in [0.25, 0.3) is 0 Å². The number of carbonyl (C=O) groups excluding carboxylic acids is 1. The van der Waals surface area contributed by atoms with Crippen LogP contribution in [0, 0.1) is 0 Å². The van der Waals surface area contributed by atoms with Crippen molar-refractivity contribution in [2.24, 2.45) is 0 Å². The van der Waals surface area contributed by atoms with Gasteiger partial charge in [0.15, 0.2) is 0 Å². The maximum Gasteiger partial charge on any atom is 0.233 e. The van der Waals surface area contributed by atoms with Gasteiger partial charge in [-0.2, -0.15) is 0 Å². The second kappa shape index (κ2) is 9.68. The van der Waals surface area contributed by atoms with Crippen LogP contribution < -0.4 is 14.8 Å². The summed E-state index contributed by atoms with van der Waals surface area (Å²) in [5.41, 5.74) is 1.76. The second-order valence-corrected chi connectivity index (χ2v) is 6.63. The van der Waals surface area contributed by atoms with Crippen molar-refractivity contribution in [3.8, 4) is 22.2 Å². The van der Waals surface area contributed by atoms with E-state index in [2.05, 4.69) is 15.5 Å². The number of ether oxygens (including phenoxy) is 2. The Morgan fingerprint density at radius 2 is 1.93 bits per heavy atom. The summed E-state index contributed by atoms with van der Waals surface area (Å²) >= 11 is 1.61. The molecule has 140 valence electrons. The van der Waals surface area contributed by atoms with Crippen molar-refractivity contribution in [2.45, 2.75) is 13.3 Å². The minimum Gasteiger partial charge on any atom is -0.494 e. The quantitative estimate of drug-likeness (QED) is 0.574. The zero-order chi connectivity index (χ0) is 18.9. The third-order valence-electron chi connectivity index (χ3n) is 3.69. The standard InChI is InChI=1S/C20H21N3O3S/c1-2-25-16-7-5-15(6-8-16)14-19(24)21-11-12-26-20-10-9-17(22-23-20)18-4-3-13-27-18/h3-10,13H,2,11-12,14H2,1H3,(H,21,24). The van der Waals surface area contributed by atoms with E-state index in [-0.39, 0.29) is 5.91 Å². The predicted molar refractivity (Wildman–Crippen MR) is 105 cm³/mol. The van der Waals surface area contributed by atoms with E-state index in [0.29, 0.717) is 32.1 Å². The minimum atomic E-state index is -0.0538. The van der Waals surface area contributed by atoms with Crippen LogP contribution in [0.2, 0.25) is 0 Å². The zero-order valence-electron chi connectivity index (χ0n) is 15.1. The van der Waals surface area contributed by atoms with Crippen LogP contribution in [0.25, 0.3) is 10.6 Å². The molecule has 7 heteroatoms. The van der Waals surface area contributed by atoms with Crippen LogP contribution in [-0.4, -0.2) is 35.9 Å². The normalized spacial score (nSPS) is 10.4. The van der Waals surface area contributed by atoms with Gasteiger partial charge in [0.2, 0.25) is 11.8 Å². The Hall–Kier alpha value is -2.93. The average Bonchev–Trinajstić information content (AvgIpc) is 3.22. The number of rotatable bonds is 9. The Bertz CT molecular complexity index is 834. The summed E-state index contributed by atoms with van der Waals surface area (Å²) in [5.74, 6) is 1.19. The van der Waals surface area contributed by atoms with E-state index in [0.717, 1.165) is 21.9 Å². The third-order valence-corrected chi connectivity index (χ3v) is 4.58. The molecule has 1 N–H and O–H groups in total. The lowest BCUT2D eigenvalue weighted by atomic mass is 10.1. The van der Waals surface area contributed by atoms with Crippen LogP contribution in [-0.2, 0) is 11.2 Å². The molecule has 0 aliphatic carbocycles. The highest BCUT2D eigenvalue weighted by atomic mass is 32.1. The van der Waals surface area contributed by atoms with Crippen molar-refractivity contribution in [2.75, 3.05) is 19.8 Å². The molecule has 6 nitrogen and oxygen atoms in total. The number of nitrogens with one attached hydrogen (secondary N) is 1. The van der Waals surface area contributed by atoms with Crippen molar-refractivity contribution in [3.05, 3.63) is 59.5 Å². The summed E-state index contributed by atoms with van der Waals surface area (Å²) in [4.78, 5) is 13.1. The first-order chi connectivity index (χ1) is 13.2. The third kappa shape index (κ3) is 5.79. The Labute approximate surface area is 162 Å². The van der Waals surface area contributed by atoms with E-state index >= 15 is 0 Å². The minimum absolute atomic E-state index is 0.0538. The van der Waals surface area contributed by atoms with Gasteiger partial charge in [0.1, 0.15) is 18.1 Å². The molecule has 0 fully saturated rings. The highest BCUT2D eigenvalue weighted by molar-refractivity contribution is 7.13. The van der Waals surface area contributed by atoms with E-state index in [1.807, 2.05) is 54.8 Å². The van der Waals surface area contributed by atoms with Crippen LogP contribution in [0.1, 0.15) is 12.5 Å². The van der Waals surface area contributed by atoms with Crippen LogP contribution >= 0.6 is 11.3 Å². The van der Waals surface area contributed by atoms with Gasteiger partial charge in [-0.05, 0) is 42.1 Å². The number of aromatic nitrogens is 2. The number of hydrogen-bond donors (Lipinski definition) is 1. The second-order valence-electron chi connectivity index (χ2n) is 5.69. The Morgan fingerprint density at radius 1 is 1.07 bits per heavy atom. The van der Waals surface area contributed by atoms with Gasteiger partial charge in [-0.3, -0.25) is 4.79 Å². The molecule has 0 saturated carbocycles. The molecule has 0 radical (unpaired) electrons. The van der Waals surface area contributed by atoms with E-state index in [1.54, 1.807) is 17.4 Å². The van der Waals surface area contributed by atoms with Crippen LogP contribution in [0.3, 0.4) is 0 Å². The number of nitrogens with zero attached hydrogens (tertiary/aromatic N) is 2. The highest BCUT2D eigenvalue weighted by Gasteiger charge is 2.05. The molecule has 27 heavy (non-hydrogen) atoms. The van der Waals surface area contributed by atoms with Crippen LogP contribution in [0.5, 0.6) is 11.6 Å².